The second-order valence-electron chi connectivity index (χ2n) is 10.4. The molecule has 0 bridgehead atoms. The number of fused-ring (bicyclic) bond motifs is 2. The van der Waals surface area contributed by atoms with Gasteiger partial charge >= 0.3 is 12.3 Å². The lowest BCUT2D eigenvalue weighted by molar-refractivity contribution is 0.00178. The molecule has 0 aromatic rings. The van der Waals surface area contributed by atoms with Gasteiger partial charge in [-0.15, -0.1) is 0 Å². The first kappa shape index (κ1) is 23.7. The van der Waals surface area contributed by atoms with Crippen LogP contribution in [0.15, 0.2) is 64.4 Å². The van der Waals surface area contributed by atoms with Gasteiger partial charge in [-0.1, -0.05) is 30.4 Å². The van der Waals surface area contributed by atoms with Crippen molar-refractivity contribution in [3.63, 3.8) is 0 Å². The van der Waals surface area contributed by atoms with Crippen LogP contribution in [0.5, 0.6) is 0 Å². The first-order chi connectivity index (χ1) is 15.9. The molecule has 0 spiro atoms. The van der Waals surface area contributed by atoms with E-state index in [2.05, 4.69) is 15.6 Å². The number of allylic oxidation sites excluding steroid dienone is 3. The number of ether oxygens (including phenoxy) is 4. The van der Waals surface area contributed by atoms with Crippen molar-refractivity contribution in [1.29, 1.82) is 0 Å². The summed E-state index contributed by atoms with van der Waals surface area (Å²) in [6.45, 7) is 10.6. The van der Waals surface area contributed by atoms with Crippen molar-refractivity contribution in [2.24, 2.45) is 16.8 Å². The topological polar surface area (TPSA) is 107 Å². The van der Waals surface area contributed by atoms with Crippen LogP contribution < -0.4 is 10.6 Å². The summed E-state index contributed by atoms with van der Waals surface area (Å²) in [4.78, 5) is 29.6. The van der Waals surface area contributed by atoms with Crippen LogP contribution in [0, 0.1) is 11.8 Å². The number of carbonyl (C=O) groups is 2. The summed E-state index contributed by atoms with van der Waals surface area (Å²) in [6.07, 6.45) is 11.1. The molecular weight excluding hydrogens is 438 g/mol. The molecule has 3 heterocycles. The summed E-state index contributed by atoms with van der Waals surface area (Å²) in [5, 5.41) is 6.71. The molecule has 4 unspecified atom stereocenters. The molecule has 0 saturated heterocycles. The first-order valence-corrected chi connectivity index (χ1v) is 11.3. The molecule has 2 N–H and O–H groups in total. The number of nitrogens with one attached hydrogen (secondary N) is 2. The molecule has 4 aliphatic rings. The minimum absolute atomic E-state index is 0.142. The molecule has 0 aromatic heterocycles. The van der Waals surface area contributed by atoms with Crippen molar-refractivity contribution in [3.05, 3.63) is 59.4 Å². The highest BCUT2D eigenvalue weighted by Crippen LogP contribution is 2.40. The van der Waals surface area contributed by atoms with Gasteiger partial charge in [0.05, 0.1) is 17.9 Å². The van der Waals surface area contributed by atoms with E-state index in [9.17, 15) is 9.59 Å². The summed E-state index contributed by atoms with van der Waals surface area (Å²) < 4.78 is 22.2. The van der Waals surface area contributed by atoms with Crippen LogP contribution in [-0.2, 0) is 18.9 Å². The van der Waals surface area contributed by atoms with Crippen molar-refractivity contribution >= 4 is 18.5 Å². The Labute approximate surface area is 199 Å². The van der Waals surface area contributed by atoms with Crippen LogP contribution in [-0.4, -0.2) is 41.9 Å². The lowest BCUT2D eigenvalue weighted by Gasteiger charge is -2.21. The lowest BCUT2D eigenvalue weighted by atomic mass is 9.96. The molecule has 4 atom stereocenters. The maximum Gasteiger partial charge on any atom is 0.514 e. The van der Waals surface area contributed by atoms with Crippen LogP contribution in [0.1, 0.15) is 41.5 Å². The molecule has 9 nitrogen and oxygen atoms in total. The number of rotatable bonds is 3. The standard InChI is InChI=1S/C25H31N3O6/c1-24(2,3)33-22(29)31-19-14-10-7-8-12-16(14)27-17(19)18-20(32-23(30)34-25(4,5)6)15-11-9-13-26-21(15)28-18/h7-16,21,27-28H,1-6H3. The van der Waals surface area contributed by atoms with E-state index < -0.39 is 23.5 Å². The van der Waals surface area contributed by atoms with Gasteiger partial charge in [0.1, 0.15) is 40.3 Å². The van der Waals surface area contributed by atoms with E-state index >= 15 is 0 Å². The van der Waals surface area contributed by atoms with Crippen molar-refractivity contribution in [2.75, 3.05) is 0 Å². The summed E-state index contributed by atoms with van der Waals surface area (Å²) in [5.74, 6) is 0.135. The number of hydrogen-bond acceptors (Lipinski definition) is 9. The summed E-state index contributed by atoms with van der Waals surface area (Å²) in [6, 6.07) is -0.142. The van der Waals surface area contributed by atoms with Crippen LogP contribution in [0.25, 0.3) is 0 Å². The minimum atomic E-state index is -0.823. The van der Waals surface area contributed by atoms with Gasteiger partial charge in [0, 0.05) is 6.21 Å². The van der Waals surface area contributed by atoms with Crippen molar-refractivity contribution in [1.82, 2.24) is 10.6 Å². The Balaban J connectivity index is 1.73. The van der Waals surface area contributed by atoms with Crippen molar-refractivity contribution in [3.8, 4) is 0 Å². The fraction of sp³-hybridized carbons (Fsp3) is 0.480. The Kier molecular flexibility index (Phi) is 6.05. The first-order valence-electron chi connectivity index (χ1n) is 11.3. The lowest BCUT2D eigenvalue weighted by Crippen LogP contribution is -2.31. The number of hydrogen-bond donors (Lipinski definition) is 2. The number of carbonyl (C=O) groups excluding carboxylic acids is 2. The zero-order valence-corrected chi connectivity index (χ0v) is 20.2. The predicted octanol–water partition coefficient (Wildman–Crippen LogP) is 4.21. The SMILES string of the molecule is CC(C)(C)OC(=O)OC1=C(C2=C(OC(=O)OC(C)(C)C)C3C=CC=NC3N2)NC2C=CC=CC12. The molecule has 34 heavy (non-hydrogen) atoms. The molecule has 3 aliphatic heterocycles. The van der Waals surface area contributed by atoms with Gasteiger partial charge in [0.15, 0.2) is 0 Å². The molecule has 4 rings (SSSR count). The summed E-state index contributed by atoms with van der Waals surface area (Å²) in [5.41, 5.74) is -0.437. The third kappa shape index (κ3) is 5.18. The normalized spacial score (nSPS) is 27.1. The van der Waals surface area contributed by atoms with E-state index in [1.165, 1.54) is 0 Å². The third-order valence-corrected chi connectivity index (χ3v) is 5.24. The highest BCUT2D eigenvalue weighted by Gasteiger charge is 2.44. The Morgan fingerprint density at radius 3 is 1.91 bits per heavy atom. The zero-order valence-electron chi connectivity index (χ0n) is 20.2. The average Bonchev–Trinajstić information content (AvgIpc) is 3.24. The Morgan fingerprint density at radius 1 is 0.765 bits per heavy atom. The largest absolute Gasteiger partial charge is 0.514 e. The fourth-order valence-corrected chi connectivity index (χ4v) is 4.00. The molecule has 182 valence electrons. The van der Waals surface area contributed by atoms with E-state index in [0.717, 1.165) is 0 Å². The van der Waals surface area contributed by atoms with Crippen LogP contribution >= 0.6 is 0 Å². The number of nitrogens with zero attached hydrogens (tertiary/aromatic N) is 1. The van der Waals surface area contributed by atoms with Gasteiger partial charge in [0.2, 0.25) is 0 Å². The molecule has 1 aliphatic carbocycles. The zero-order chi connectivity index (χ0) is 24.7. The van der Waals surface area contributed by atoms with E-state index in [0.29, 0.717) is 22.9 Å². The van der Waals surface area contributed by atoms with Gasteiger partial charge in [-0.3, -0.25) is 4.99 Å². The molecular formula is C25H31N3O6. The highest BCUT2D eigenvalue weighted by molar-refractivity contribution is 5.73. The molecule has 0 aromatic carbocycles. The summed E-state index contributed by atoms with van der Waals surface area (Å²) in [7, 11) is 0. The predicted molar refractivity (Wildman–Crippen MR) is 125 cm³/mol. The van der Waals surface area contributed by atoms with E-state index in [1.807, 2.05) is 30.4 Å². The smallest absolute Gasteiger partial charge is 0.428 e. The van der Waals surface area contributed by atoms with E-state index in [-0.39, 0.29) is 24.0 Å². The Bertz CT molecular complexity index is 968. The maximum absolute atomic E-state index is 12.6. The van der Waals surface area contributed by atoms with Gasteiger partial charge < -0.3 is 29.6 Å². The van der Waals surface area contributed by atoms with Crippen molar-refractivity contribution < 1.29 is 28.5 Å². The van der Waals surface area contributed by atoms with Crippen LogP contribution in [0.2, 0.25) is 0 Å². The van der Waals surface area contributed by atoms with E-state index in [4.69, 9.17) is 18.9 Å². The minimum Gasteiger partial charge on any atom is -0.428 e. The second-order valence-corrected chi connectivity index (χ2v) is 10.4. The molecule has 0 amide bonds. The number of aliphatic imine (C=N–C) groups is 1. The quantitative estimate of drug-likeness (QED) is 0.592. The molecule has 0 saturated carbocycles. The second kappa shape index (κ2) is 8.70. The maximum atomic E-state index is 12.6. The van der Waals surface area contributed by atoms with Gasteiger partial charge in [-0.05, 0) is 47.6 Å². The monoisotopic (exact) mass is 469 g/mol. The third-order valence-electron chi connectivity index (χ3n) is 5.24. The van der Waals surface area contributed by atoms with Gasteiger partial charge in [-0.2, -0.15) is 0 Å². The van der Waals surface area contributed by atoms with Crippen LogP contribution in [0.3, 0.4) is 0 Å². The molecule has 0 fully saturated rings. The van der Waals surface area contributed by atoms with Crippen molar-refractivity contribution in [2.45, 2.75) is 65.0 Å². The molecule has 9 heteroatoms. The summed E-state index contributed by atoms with van der Waals surface area (Å²) >= 11 is 0. The van der Waals surface area contributed by atoms with Gasteiger partial charge in [0.25, 0.3) is 0 Å². The number of dihydropyridines is 1. The van der Waals surface area contributed by atoms with E-state index in [1.54, 1.807) is 53.8 Å². The Morgan fingerprint density at radius 2 is 1.29 bits per heavy atom. The fourth-order valence-electron chi connectivity index (χ4n) is 4.00. The van der Waals surface area contributed by atoms with Crippen LogP contribution in [0.4, 0.5) is 9.59 Å². The van der Waals surface area contributed by atoms with Gasteiger partial charge in [-0.25, -0.2) is 9.59 Å². The molecule has 0 radical (unpaired) electrons. The highest BCUT2D eigenvalue weighted by atomic mass is 16.7. The average molecular weight is 470 g/mol. The Hall–Kier alpha value is -3.49.